The van der Waals surface area contributed by atoms with Crippen LogP contribution < -0.4 is 16.0 Å². The van der Waals surface area contributed by atoms with E-state index in [4.69, 9.17) is 5.11 Å². The van der Waals surface area contributed by atoms with Crippen molar-refractivity contribution in [1.82, 2.24) is 10.6 Å². The van der Waals surface area contributed by atoms with Crippen LogP contribution >= 0.6 is 0 Å². The van der Waals surface area contributed by atoms with E-state index in [2.05, 4.69) is 16.0 Å². The second-order valence-corrected chi connectivity index (χ2v) is 7.89. The maximum atomic E-state index is 11.9. The van der Waals surface area contributed by atoms with Crippen LogP contribution in [0.3, 0.4) is 0 Å². The van der Waals surface area contributed by atoms with Gasteiger partial charge in [0.25, 0.3) is 0 Å². The quantitative estimate of drug-likeness (QED) is 0.269. The molecule has 0 spiro atoms. The summed E-state index contributed by atoms with van der Waals surface area (Å²) in [5.41, 5.74) is 1.63. The lowest BCUT2D eigenvalue weighted by atomic mass is 10.0. The molecule has 0 aliphatic rings. The van der Waals surface area contributed by atoms with E-state index in [0.717, 1.165) is 43.5 Å². The summed E-state index contributed by atoms with van der Waals surface area (Å²) in [7, 11) is 1.88. The summed E-state index contributed by atoms with van der Waals surface area (Å²) < 4.78 is 0. The van der Waals surface area contributed by atoms with Crippen molar-refractivity contribution in [2.24, 2.45) is 0 Å². The van der Waals surface area contributed by atoms with Crippen molar-refractivity contribution >= 4 is 17.5 Å². The van der Waals surface area contributed by atoms with E-state index in [9.17, 15) is 9.59 Å². The monoisotopic (exact) mass is 419 g/mol. The minimum Gasteiger partial charge on any atom is -0.392 e. The number of benzene rings is 1. The molecule has 0 bridgehead atoms. The van der Waals surface area contributed by atoms with Crippen molar-refractivity contribution in [2.75, 3.05) is 25.5 Å². The zero-order chi connectivity index (χ0) is 21.9. The summed E-state index contributed by atoms with van der Waals surface area (Å²) in [6.45, 7) is 1.54. The highest BCUT2D eigenvalue weighted by atomic mass is 16.3. The largest absolute Gasteiger partial charge is 0.392 e. The van der Waals surface area contributed by atoms with Crippen molar-refractivity contribution in [3.05, 3.63) is 29.8 Å². The van der Waals surface area contributed by atoms with E-state index in [1.165, 1.54) is 38.5 Å². The molecule has 0 saturated heterocycles. The molecule has 1 rings (SSSR count). The third kappa shape index (κ3) is 14.1. The molecule has 0 atom stereocenters. The minimum absolute atomic E-state index is 0.0182. The molecule has 30 heavy (non-hydrogen) atoms. The number of amides is 2. The second kappa shape index (κ2) is 17.9. The number of hydrogen-bond donors (Lipinski definition) is 4. The van der Waals surface area contributed by atoms with Gasteiger partial charge < -0.3 is 21.1 Å². The van der Waals surface area contributed by atoms with Crippen molar-refractivity contribution in [3.8, 4) is 0 Å². The highest BCUT2D eigenvalue weighted by molar-refractivity contribution is 5.90. The summed E-state index contributed by atoms with van der Waals surface area (Å²) in [6, 6.07) is 7.28. The van der Waals surface area contributed by atoms with Crippen molar-refractivity contribution < 1.29 is 14.7 Å². The number of rotatable bonds is 18. The molecule has 170 valence electrons. The van der Waals surface area contributed by atoms with E-state index < -0.39 is 0 Å². The number of likely N-dealkylation sites (N-methyl/N-ethyl adjacent to an activating group) is 1. The third-order valence-corrected chi connectivity index (χ3v) is 5.18. The van der Waals surface area contributed by atoms with E-state index in [1.807, 2.05) is 31.3 Å². The van der Waals surface area contributed by atoms with Crippen LogP contribution in [0.1, 0.15) is 82.6 Å². The fourth-order valence-corrected chi connectivity index (χ4v) is 3.32. The molecular formula is C24H41N3O3. The smallest absolute Gasteiger partial charge is 0.224 e. The fraction of sp³-hybridized carbons (Fsp3) is 0.667. The average Bonchev–Trinajstić information content (AvgIpc) is 2.75. The Morgan fingerprint density at radius 3 is 1.73 bits per heavy atom. The van der Waals surface area contributed by atoms with Gasteiger partial charge in [0.15, 0.2) is 0 Å². The first kappa shape index (κ1) is 26.1. The van der Waals surface area contributed by atoms with Crippen LogP contribution in [0.25, 0.3) is 0 Å². The number of anilines is 1. The number of nitrogens with one attached hydrogen (secondary N) is 3. The molecule has 2 amide bonds. The Kier molecular flexibility index (Phi) is 15.6. The fourth-order valence-electron chi connectivity index (χ4n) is 3.32. The predicted molar refractivity (Wildman–Crippen MR) is 123 cm³/mol. The van der Waals surface area contributed by atoms with Crippen LogP contribution in [-0.4, -0.2) is 37.1 Å². The van der Waals surface area contributed by atoms with Gasteiger partial charge in [-0.25, -0.2) is 0 Å². The molecular weight excluding hydrogens is 378 g/mol. The summed E-state index contributed by atoms with van der Waals surface area (Å²) in [5.74, 6) is 0.223. The highest BCUT2D eigenvalue weighted by Crippen LogP contribution is 2.13. The predicted octanol–water partition coefficient (Wildman–Crippen LogP) is 4.13. The number of carbonyl (C=O) groups is 2. The zero-order valence-electron chi connectivity index (χ0n) is 18.7. The summed E-state index contributed by atoms with van der Waals surface area (Å²) in [4.78, 5) is 23.5. The van der Waals surface area contributed by atoms with Gasteiger partial charge in [-0.1, -0.05) is 63.5 Å². The van der Waals surface area contributed by atoms with Gasteiger partial charge in [-0.05, 0) is 37.6 Å². The highest BCUT2D eigenvalue weighted by Gasteiger charge is 2.03. The molecule has 0 unspecified atom stereocenters. The Morgan fingerprint density at radius 2 is 1.23 bits per heavy atom. The Morgan fingerprint density at radius 1 is 0.733 bits per heavy atom. The molecule has 4 N–H and O–H groups in total. The molecule has 0 fully saturated rings. The van der Waals surface area contributed by atoms with E-state index in [-0.39, 0.29) is 18.4 Å². The van der Waals surface area contributed by atoms with Crippen LogP contribution in [0.4, 0.5) is 5.69 Å². The lowest BCUT2D eigenvalue weighted by Crippen LogP contribution is -2.30. The first-order valence-corrected chi connectivity index (χ1v) is 11.6. The third-order valence-electron chi connectivity index (χ3n) is 5.18. The molecule has 0 aliphatic heterocycles. The van der Waals surface area contributed by atoms with E-state index >= 15 is 0 Å². The maximum absolute atomic E-state index is 11.9. The number of unbranched alkanes of at least 4 members (excludes halogenated alkanes) is 9. The standard InChI is InChI=1S/C24H41N3O3/c1-25-18-19-26-23(29)12-10-8-6-4-2-3-5-7-9-11-13-24(30)27-22-16-14-21(20-28)15-17-22/h14-17,25,28H,2-13,18-20H2,1H3,(H,26,29)(H,27,30). The van der Waals surface area contributed by atoms with Gasteiger partial charge in [0.05, 0.1) is 6.61 Å². The zero-order valence-corrected chi connectivity index (χ0v) is 18.7. The van der Waals surface area contributed by atoms with Crippen LogP contribution in [0.2, 0.25) is 0 Å². The summed E-state index contributed by atoms with van der Waals surface area (Å²) in [5, 5.41) is 17.8. The molecule has 6 heteroatoms. The van der Waals surface area contributed by atoms with Crippen LogP contribution in [0.15, 0.2) is 24.3 Å². The van der Waals surface area contributed by atoms with Gasteiger partial charge in [-0.15, -0.1) is 0 Å². The van der Waals surface area contributed by atoms with Crippen LogP contribution in [0, 0.1) is 0 Å². The number of hydrogen-bond acceptors (Lipinski definition) is 4. The van der Waals surface area contributed by atoms with Crippen LogP contribution in [0.5, 0.6) is 0 Å². The molecule has 0 radical (unpaired) electrons. The van der Waals surface area contributed by atoms with Gasteiger partial charge in [0, 0.05) is 31.6 Å². The SMILES string of the molecule is CNCCNC(=O)CCCCCCCCCCCCC(=O)Nc1ccc(CO)cc1. The Balaban J connectivity index is 1.86. The first-order chi connectivity index (χ1) is 14.7. The molecule has 0 saturated carbocycles. The molecule has 0 aromatic heterocycles. The maximum Gasteiger partial charge on any atom is 0.224 e. The van der Waals surface area contributed by atoms with Gasteiger partial charge in [-0.2, -0.15) is 0 Å². The minimum atomic E-state index is 0.0182. The summed E-state index contributed by atoms with van der Waals surface area (Å²) >= 11 is 0. The second-order valence-electron chi connectivity index (χ2n) is 7.89. The Bertz CT molecular complexity index is 576. The Hall–Kier alpha value is -1.92. The average molecular weight is 420 g/mol. The van der Waals surface area contributed by atoms with Crippen LogP contribution in [-0.2, 0) is 16.2 Å². The summed E-state index contributed by atoms with van der Waals surface area (Å²) in [6.07, 6.45) is 12.8. The number of aliphatic hydroxyl groups excluding tert-OH is 1. The Labute approximate surface area is 182 Å². The molecule has 1 aromatic carbocycles. The van der Waals surface area contributed by atoms with Crippen molar-refractivity contribution in [3.63, 3.8) is 0 Å². The van der Waals surface area contributed by atoms with Gasteiger partial charge in [-0.3, -0.25) is 9.59 Å². The lowest BCUT2D eigenvalue weighted by Gasteiger charge is -2.06. The lowest BCUT2D eigenvalue weighted by molar-refractivity contribution is -0.121. The molecule has 1 aromatic rings. The van der Waals surface area contributed by atoms with Crippen molar-refractivity contribution in [2.45, 2.75) is 83.7 Å². The van der Waals surface area contributed by atoms with E-state index in [1.54, 1.807) is 0 Å². The molecule has 0 heterocycles. The van der Waals surface area contributed by atoms with Crippen molar-refractivity contribution in [1.29, 1.82) is 0 Å². The van der Waals surface area contributed by atoms with Gasteiger partial charge >= 0.3 is 0 Å². The molecule has 0 aliphatic carbocycles. The molecule has 6 nitrogen and oxygen atoms in total. The number of aliphatic hydroxyl groups is 1. The topological polar surface area (TPSA) is 90.5 Å². The normalized spacial score (nSPS) is 10.7. The van der Waals surface area contributed by atoms with Gasteiger partial charge in [0.2, 0.25) is 11.8 Å². The number of carbonyl (C=O) groups excluding carboxylic acids is 2. The van der Waals surface area contributed by atoms with Gasteiger partial charge in [0.1, 0.15) is 0 Å². The van der Waals surface area contributed by atoms with E-state index in [0.29, 0.717) is 19.4 Å². The first-order valence-electron chi connectivity index (χ1n) is 11.6.